The molecule has 0 spiro atoms. The second kappa shape index (κ2) is 4.82. The quantitative estimate of drug-likeness (QED) is 0.760. The van der Waals surface area contributed by atoms with E-state index in [0.717, 1.165) is 22.6 Å². The minimum Gasteiger partial charge on any atom is -0.496 e. The van der Waals surface area contributed by atoms with Crippen LogP contribution < -0.4 is 9.47 Å². The minimum atomic E-state index is 0.123. The molecule has 0 unspecified atom stereocenters. The number of benzene rings is 1. The van der Waals surface area contributed by atoms with E-state index in [0.29, 0.717) is 6.42 Å². The van der Waals surface area contributed by atoms with E-state index in [-0.39, 0.29) is 5.78 Å². The van der Waals surface area contributed by atoms with Crippen molar-refractivity contribution in [2.24, 2.45) is 0 Å². The largest absolute Gasteiger partial charge is 0.496 e. The number of ketones is 1. The van der Waals surface area contributed by atoms with Gasteiger partial charge in [0.15, 0.2) is 0 Å². The maximum absolute atomic E-state index is 11.1. The zero-order valence-electron chi connectivity index (χ0n) is 9.59. The maximum Gasteiger partial charge on any atom is 0.134 e. The van der Waals surface area contributed by atoms with Crippen molar-refractivity contribution in [2.45, 2.75) is 20.3 Å². The van der Waals surface area contributed by atoms with Gasteiger partial charge in [0.25, 0.3) is 0 Å². The van der Waals surface area contributed by atoms with E-state index in [4.69, 9.17) is 9.47 Å². The van der Waals surface area contributed by atoms with Crippen LogP contribution in [0.15, 0.2) is 12.1 Å². The monoisotopic (exact) mass is 208 g/mol. The van der Waals surface area contributed by atoms with Crippen molar-refractivity contribution in [3.05, 3.63) is 23.3 Å². The van der Waals surface area contributed by atoms with Crippen LogP contribution in [0, 0.1) is 6.92 Å². The van der Waals surface area contributed by atoms with Crippen molar-refractivity contribution in [2.75, 3.05) is 14.2 Å². The van der Waals surface area contributed by atoms with Crippen LogP contribution in [0.4, 0.5) is 0 Å². The number of carbonyl (C=O) groups excluding carboxylic acids is 1. The fourth-order valence-corrected chi connectivity index (χ4v) is 1.64. The van der Waals surface area contributed by atoms with E-state index in [1.807, 2.05) is 19.1 Å². The van der Waals surface area contributed by atoms with Crippen LogP contribution in [-0.4, -0.2) is 20.0 Å². The standard InChI is InChI=1S/C12H16O3/c1-8(13)7-10-5-6-11(14-3)9(2)12(10)15-4/h5-6H,7H2,1-4H3. The summed E-state index contributed by atoms with van der Waals surface area (Å²) in [6.45, 7) is 3.49. The first kappa shape index (κ1) is 11.6. The molecule has 0 saturated heterocycles. The van der Waals surface area contributed by atoms with Crippen molar-refractivity contribution in [1.29, 1.82) is 0 Å². The van der Waals surface area contributed by atoms with Crippen molar-refractivity contribution in [3.63, 3.8) is 0 Å². The van der Waals surface area contributed by atoms with Crippen LogP contribution in [-0.2, 0) is 11.2 Å². The van der Waals surface area contributed by atoms with Gasteiger partial charge in [0.05, 0.1) is 14.2 Å². The first-order valence-corrected chi connectivity index (χ1v) is 4.80. The van der Waals surface area contributed by atoms with Gasteiger partial charge in [0.1, 0.15) is 17.3 Å². The molecule has 0 aliphatic carbocycles. The summed E-state index contributed by atoms with van der Waals surface area (Å²) >= 11 is 0. The highest BCUT2D eigenvalue weighted by molar-refractivity contribution is 5.79. The molecule has 3 heteroatoms. The number of ether oxygens (including phenoxy) is 2. The molecule has 1 aromatic carbocycles. The van der Waals surface area contributed by atoms with Crippen LogP contribution in [0.3, 0.4) is 0 Å². The molecule has 0 atom stereocenters. The third-order valence-electron chi connectivity index (χ3n) is 2.30. The molecule has 1 rings (SSSR count). The zero-order chi connectivity index (χ0) is 11.4. The fraction of sp³-hybridized carbons (Fsp3) is 0.417. The predicted octanol–water partition coefficient (Wildman–Crippen LogP) is 2.14. The average molecular weight is 208 g/mol. The van der Waals surface area contributed by atoms with E-state index in [1.54, 1.807) is 21.1 Å². The summed E-state index contributed by atoms with van der Waals surface area (Å²) in [5, 5.41) is 0. The Labute approximate surface area is 90.0 Å². The van der Waals surface area contributed by atoms with Gasteiger partial charge in [-0.1, -0.05) is 6.07 Å². The molecular weight excluding hydrogens is 192 g/mol. The van der Waals surface area contributed by atoms with Gasteiger partial charge in [-0.15, -0.1) is 0 Å². The number of rotatable bonds is 4. The first-order chi connectivity index (χ1) is 7.10. The summed E-state index contributed by atoms with van der Waals surface area (Å²) in [5.41, 5.74) is 1.84. The van der Waals surface area contributed by atoms with E-state index in [1.165, 1.54) is 0 Å². The Kier molecular flexibility index (Phi) is 3.72. The van der Waals surface area contributed by atoms with E-state index < -0.39 is 0 Å². The summed E-state index contributed by atoms with van der Waals surface area (Å²) in [6.07, 6.45) is 0.397. The van der Waals surface area contributed by atoms with Crippen LogP contribution in [0.25, 0.3) is 0 Å². The van der Waals surface area contributed by atoms with E-state index in [2.05, 4.69) is 0 Å². The predicted molar refractivity (Wildman–Crippen MR) is 58.7 cm³/mol. The highest BCUT2D eigenvalue weighted by Gasteiger charge is 2.11. The second-order valence-electron chi connectivity index (χ2n) is 3.46. The fourth-order valence-electron chi connectivity index (χ4n) is 1.64. The Morgan fingerprint density at radius 1 is 1.27 bits per heavy atom. The van der Waals surface area contributed by atoms with Crippen molar-refractivity contribution < 1.29 is 14.3 Å². The smallest absolute Gasteiger partial charge is 0.134 e. The highest BCUT2D eigenvalue weighted by atomic mass is 16.5. The van der Waals surface area contributed by atoms with Gasteiger partial charge in [-0.05, 0) is 19.9 Å². The lowest BCUT2D eigenvalue weighted by atomic mass is 10.0. The number of hydrogen-bond donors (Lipinski definition) is 0. The first-order valence-electron chi connectivity index (χ1n) is 4.80. The molecule has 0 fully saturated rings. The average Bonchev–Trinajstić information content (AvgIpc) is 2.18. The van der Waals surface area contributed by atoms with Gasteiger partial charge < -0.3 is 9.47 Å². The Bertz CT molecular complexity index is 369. The third kappa shape index (κ3) is 2.49. The van der Waals surface area contributed by atoms with Crippen molar-refractivity contribution in [3.8, 4) is 11.5 Å². The van der Waals surface area contributed by atoms with Gasteiger partial charge in [0, 0.05) is 17.5 Å². The lowest BCUT2D eigenvalue weighted by Crippen LogP contribution is -2.02. The molecule has 1 aromatic rings. The van der Waals surface area contributed by atoms with E-state index in [9.17, 15) is 4.79 Å². The molecule has 0 heterocycles. The molecular formula is C12H16O3. The SMILES string of the molecule is COc1ccc(CC(C)=O)c(OC)c1C. The Balaban J connectivity index is 3.18. The minimum absolute atomic E-state index is 0.123. The zero-order valence-corrected chi connectivity index (χ0v) is 9.59. The van der Waals surface area contributed by atoms with Crippen LogP contribution in [0.2, 0.25) is 0 Å². The number of Topliss-reactive ketones (excluding diaryl/α,β-unsaturated/α-hetero) is 1. The summed E-state index contributed by atoms with van der Waals surface area (Å²) < 4.78 is 10.5. The molecule has 0 amide bonds. The molecule has 0 bridgehead atoms. The van der Waals surface area contributed by atoms with Gasteiger partial charge in [-0.25, -0.2) is 0 Å². The third-order valence-corrected chi connectivity index (χ3v) is 2.30. The number of methoxy groups -OCH3 is 2. The maximum atomic E-state index is 11.1. The topological polar surface area (TPSA) is 35.5 Å². The number of hydrogen-bond acceptors (Lipinski definition) is 3. The van der Waals surface area contributed by atoms with Gasteiger partial charge in [0.2, 0.25) is 0 Å². The Morgan fingerprint density at radius 3 is 2.40 bits per heavy atom. The van der Waals surface area contributed by atoms with Crippen LogP contribution >= 0.6 is 0 Å². The molecule has 3 nitrogen and oxygen atoms in total. The summed E-state index contributed by atoms with van der Waals surface area (Å²) in [6, 6.07) is 3.72. The molecule has 0 radical (unpaired) electrons. The van der Waals surface area contributed by atoms with Crippen molar-refractivity contribution in [1.82, 2.24) is 0 Å². The molecule has 0 saturated carbocycles. The van der Waals surface area contributed by atoms with Crippen LogP contribution in [0.5, 0.6) is 11.5 Å². The lowest BCUT2D eigenvalue weighted by molar-refractivity contribution is -0.116. The van der Waals surface area contributed by atoms with Crippen molar-refractivity contribution >= 4 is 5.78 Å². The summed E-state index contributed by atoms with van der Waals surface area (Å²) in [4.78, 5) is 11.1. The molecule has 0 aromatic heterocycles. The number of carbonyl (C=O) groups is 1. The summed E-state index contributed by atoms with van der Waals surface area (Å²) in [7, 11) is 3.22. The Morgan fingerprint density at radius 2 is 1.93 bits per heavy atom. The highest BCUT2D eigenvalue weighted by Crippen LogP contribution is 2.31. The Hall–Kier alpha value is -1.51. The molecule has 0 aliphatic heterocycles. The van der Waals surface area contributed by atoms with Gasteiger partial charge in [-0.3, -0.25) is 4.79 Å². The molecule has 0 N–H and O–H groups in total. The lowest BCUT2D eigenvalue weighted by Gasteiger charge is -2.13. The van der Waals surface area contributed by atoms with Gasteiger partial charge >= 0.3 is 0 Å². The normalized spacial score (nSPS) is 9.87. The second-order valence-corrected chi connectivity index (χ2v) is 3.46. The molecule has 15 heavy (non-hydrogen) atoms. The van der Waals surface area contributed by atoms with E-state index >= 15 is 0 Å². The van der Waals surface area contributed by atoms with Gasteiger partial charge in [-0.2, -0.15) is 0 Å². The molecule has 82 valence electrons. The summed E-state index contributed by atoms with van der Waals surface area (Å²) in [5.74, 6) is 1.64. The molecule has 0 aliphatic rings. The van der Waals surface area contributed by atoms with Crippen LogP contribution in [0.1, 0.15) is 18.1 Å².